The Kier molecular flexibility index (Phi) is 7.02. The molecule has 0 saturated carbocycles. The summed E-state index contributed by atoms with van der Waals surface area (Å²) in [4.78, 5) is 0.229. The van der Waals surface area contributed by atoms with E-state index in [4.69, 9.17) is 0 Å². The van der Waals surface area contributed by atoms with Crippen LogP contribution in [-0.4, -0.2) is 44.1 Å². The van der Waals surface area contributed by atoms with Gasteiger partial charge in [0.1, 0.15) is 0 Å². The Hall–Kier alpha value is -1.74. The Bertz CT molecular complexity index is 1040. The van der Waals surface area contributed by atoms with Crippen LogP contribution in [0.25, 0.3) is 0 Å². The van der Waals surface area contributed by atoms with Crippen LogP contribution in [0, 0.1) is 0 Å². The lowest BCUT2D eigenvalue weighted by Gasteiger charge is -2.37. The Labute approximate surface area is 180 Å². The molecule has 6 nitrogen and oxygen atoms in total. The summed E-state index contributed by atoms with van der Waals surface area (Å²) >= 11 is 0. The first-order valence-corrected chi connectivity index (χ1v) is 13.2. The zero-order valence-corrected chi connectivity index (χ0v) is 19.4. The summed E-state index contributed by atoms with van der Waals surface area (Å²) in [7, 11) is -7.41. The van der Waals surface area contributed by atoms with E-state index in [1.54, 1.807) is 11.2 Å². The zero-order valence-electron chi connectivity index (χ0n) is 17.7. The van der Waals surface area contributed by atoms with E-state index in [1.165, 1.54) is 28.6 Å². The molecular weight excluding hydrogens is 420 g/mol. The largest absolute Gasteiger partial charge is 0.243 e. The van der Waals surface area contributed by atoms with Crippen molar-refractivity contribution in [3.05, 3.63) is 60.2 Å². The van der Waals surface area contributed by atoms with Gasteiger partial charge in [-0.25, -0.2) is 16.8 Å². The van der Waals surface area contributed by atoms with E-state index in [0.29, 0.717) is 6.54 Å². The molecule has 2 aromatic carbocycles. The second-order valence-corrected chi connectivity index (χ2v) is 11.6. The fraction of sp³-hybridized carbons (Fsp3) is 0.455. The van der Waals surface area contributed by atoms with Gasteiger partial charge in [0, 0.05) is 25.2 Å². The highest BCUT2D eigenvalue weighted by atomic mass is 32.2. The van der Waals surface area contributed by atoms with E-state index >= 15 is 0 Å². The minimum atomic E-state index is -3.73. The van der Waals surface area contributed by atoms with Gasteiger partial charge in [0.05, 0.1) is 9.79 Å². The van der Waals surface area contributed by atoms with Gasteiger partial charge in [-0.1, -0.05) is 43.7 Å². The predicted molar refractivity (Wildman–Crippen MR) is 118 cm³/mol. The fourth-order valence-electron chi connectivity index (χ4n) is 4.08. The van der Waals surface area contributed by atoms with Crippen molar-refractivity contribution < 1.29 is 16.8 Å². The zero-order chi connectivity index (χ0) is 21.9. The van der Waals surface area contributed by atoms with Gasteiger partial charge in [0.2, 0.25) is 20.0 Å². The van der Waals surface area contributed by atoms with Gasteiger partial charge < -0.3 is 0 Å². The van der Waals surface area contributed by atoms with Crippen molar-refractivity contribution in [2.45, 2.75) is 68.5 Å². The molecule has 0 bridgehead atoms. The Balaban J connectivity index is 1.86. The molecule has 2 atom stereocenters. The average Bonchev–Trinajstić information content (AvgIpc) is 2.72. The third kappa shape index (κ3) is 4.61. The molecule has 0 radical (unpaired) electrons. The Morgan fingerprint density at radius 2 is 1.40 bits per heavy atom. The molecule has 1 aliphatic rings. The molecule has 0 aromatic heterocycles. The van der Waals surface area contributed by atoms with Gasteiger partial charge in [0.15, 0.2) is 0 Å². The van der Waals surface area contributed by atoms with Gasteiger partial charge in [0.25, 0.3) is 0 Å². The highest BCUT2D eigenvalue weighted by Crippen LogP contribution is 2.30. The Morgan fingerprint density at radius 1 is 0.867 bits per heavy atom. The monoisotopic (exact) mass is 450 g/mol. The first-order valence-electron chi connectivity index (χ1n) is 10.4. The summed E-state index contributed by atoms with van der Waals surface area (Å²) in [6.45, 7) is 6.23. The molecule has 2 aromatic rings. The SMILES string of the molecule is CCN(Cc1ccccc1)S(=O)(=O)c1ccc(S(=O)(=O)N2[C@@H](C)CCC[C@@H]2C)cc1. The van der Waals surface area contributed by atoms with Gasteiger partial charge in [-0.15, -0.1) is 0 Å². The standard InChI is InChI=1S/C22H30N2O4S2/c1-4-23(17-20-11-6-5-7-12-20)29(25,26)21-13-15-22(16-14-21)30(27,28)24-18(2)9-8-10-19(24)3/h5-7,11-16,18-19H,4,8-10,17H2,1-3H3/t18-,19-/m0/s1. The van der Waals surface area contributed by atoms with Gasteiger partial charge in [-0.3, -0.25) is 0 Å². The van der Waals surface area contributed by atoms with Crippen LogP contribution in [0.3, 0.4) is 0 Å². The topological polar surface area (TPSA) is 74.8 Å². The smallest absolute Gasteiger partial charge is 0.207 e. The lowest BCUT2D eigenvalue weighted by atomic mass is 10.0. The van der Waals surface area contributed by atoms with Crippen LogP contribution in [0.1, 0.15) is 45.6 Å². The molecule has 8 heteroatoms. The maximum absolute atomic E-state index is 13.2. The van der Waals surface area contributed by atoms with E-state index in [1.807, 2.05) is 44.2 Å². The van der Waals surface area contributed by atoms with Crippen molar-refractivity contribution in [3.63, 3.8) is 0 Å². The summed E-state index contributed by atoms with van der Waals surface area (Å²) < 4.78 is 55.5. The van der Waals surface area contributed by atoms with Crippen LogP contribution < -0.4 is 0 Å². The van der Waals surface area contributed by atoms with Gasteiger partial charge in [-0.05, 0) is 56.5 Å². The molecule has 1 fully saturated rings. The van der Waals surface area contributed by atoms with E-state index < -0.39 is 20.0 Å². The molecule has 0 spiro atoms. The van der Waals surface area contributed by atoms with Crippen molar-refractivity contribution in [2.24, 2.45) is 0 Å². The lowest BCUT2D eigenvalue weighted by molar-refractivity contribution is 0.204. The highest BCUT2D eigenvalue weighted by Gasteiger charge is 2.36. The van der Waals surface area contributed by atoms with Gasteiger partial charge in [-0.2, -0.15) is 8.61 Å². The van der Waals surface area contributed by atoms with Crippen molar-refractivity contribution in [3.8, 4) is 0 Å². The Morgan fingerprint density at radius 3 is 1.93 bits per heavy atom. The maximum atomic E-state index is 13.2. The molecule has 1 saturated heterocycles. The van der Waals surface area contributed by atoms with Crippen LogP contribution in [0.15, 0.2) is 64.4 Å². The second kappa shape index (κ2) is 9.18. The van der Waals surface area contributed by atoms with Crippen molar-refractivity contribution in [2.75, 3.05) is 6.54 Å². The van der Waals surface area contributed by atoms with Gasteiger partial charge >= 0.3 is 0 Å². The molecule has 1 aliphatic heterocycles. The number of sulfonamides is 2. The second-order valence-electron chi connectivity index (χ2n) is 7.85. The number of benzene rings is 2. The minimum absolute atomic E-state index is 0.0661. The quantitative estimate of drug-likeness (QED) is 0.642. The van der Waals surface area contributed by atoms with Crippen molar-refractivity contribution >= 4 is 20.0 Å². The molecule has 0 unspecified atom stereocenters. The predicted octanol–water partition coefficient (Wildman–Crippen LogP) is 3.85. The first-order chi connectivity index (χ1) is 14.2. The molecule has 1 heterocycles. The van der Waals surface area contributed by atoms with Crippen molar-refractivity contribution in [1.82, 2.24) is 8.61 Å². The van der Waals surface area contributed by atoms with Crippen molar-refractivity contribution in [1.29, 1.82) is 0 Å². The lowest BCUT2D eigenvalue weighted by Crippen LogP contribution is -2.47. The molecule has 0 N–H and O–H groups in total. The molecule has 0 amide bonds. The molecule has 30 heavy (non-hydrogen) atoms. The van der Waals surface area contributed by atoms with E-state index in [0.717, 1.165) is 24.8 Å². The van der Waals surface area contributed by atoms with Crippen LogP contribution in [0.5, 0.6) is 0 Å². The number of hydrogen-bond donors (Lipinski definition) is 0. The first kappa shape index (κ1) is 22.9. The third-order valence-electron chi connectivity index (χ3n) is 5.70. The highest BCUT2D eigenvalue weighted by molar-refractivity contribution is 7.89. The molecule has 164 valence electrons. The number of hydrogen-bond acceptors (Lipinski definition) is 4. The van der Waals surface area contributed by atoms with Crippen LogP contribution in [-0.2, 0) is 26.6 Å². The molecule has 0 aliphatic carbocycles. The minimum Gasteiger partial charge on any atom is -0.207 e. The third-order valence-corrected chi connectivity index (χ3v) is 9.78. The summed E-state index contributed by atoms with van der Waals surface area (Å²) in [6, 6.07) is 14.9. The molecular formula is C22H30N2O4S2. The number of piperidine rings is 1. The fourth-order valence-corrected chi connectivity index (χ4v) is 7.40. The van der Waals surface area contributed by atoms with Crippen LogP contribution >= 0.6 is 0 Å². The van der Waals surface area contributed by atoms with E-state index in [2.05, 4.69) is 0 Å². The average molecular weight is 451 g/mol. The number of rotatable bonds is 7. The summed E-state index contributed by atoms with van der Waals surface area (Å²) in [6.07, 6.45) is 2.68. The van der Waals surface area contributed by atoms with E-state index in [9.17, 15) is 16.8 Å². The maximum Gasteiger partial charge on any atom is 0.243 e. The normalized spacial score (nSPS) is 21.1. The van der Waals surface area contributed by atoms with Crippen LogP contribution in [0.4, 0.5) is 0 Å². The van der Waals surface area contributed by atoms with E-state index in [-0.39, 0.29) is 28.4 Å². The summed E-state index contributed by atoms with van der Waals surface area (Å²) in [5, 5.41) is 0. The summed E-state index contributed by atoms with van der Waals surface area (Å²) in [5.41, 5.74) is 0.898. The molecule has 3 rings (SSSR count). The number of nitrogens with zero attached hydrogens (tertiary/aromatic N) is 2. The van der Waals surface area contributed by atoms with Crippen LogP contribution in [0.2, 0.25) is 0 Å². The summed E-state index contributed by atoms with van der Waals surface area (Å²) in [5.74, 6) is 0.